The van der Waals surface area contributed by atoms with E-state index in [1.807, 2.05) is 0 Å². The second-order valence-corrected chi connectivity index (χ2v) is 13.9. The van der Waals surface area contributed by atoms with Gasteiger partial charge in [0.15, 0.2) is 0 Å². The van der Waals surface area contributed by atoms with Crippen LogP contribution in [0, 0.1) is 0 Å². The van der Waals surface area contributed by atoms with Gasteiger partial charge in [-0.15, -0.1) is 0 Å². The first kappa shape index (κ1) is 11.4. The number of hydrogen-bond acceptors (Lipinski definition) is 2. The van der Waals surface area contributed by atoms with Crippen molar-refractivity contribution in [2.75, 3.05) is 14.2 Å². The molecular formula is C7H20O2Si2. The average Bonchev–Trinajstić information content (AvgIpc) is 1.84. The Morgan fingerprint density at radius 1 is 0.909 bits per heavy atom. The molecule has 11 heavy (non-hydrogen) atoms. The van der Waals surface area contributed by atoms with Crippen LogP contribution in [0.1, 0.15) is 0 Å². The lowest BCUT2D eigenvalue weighted by Gasteiger charge is -2.28. The van der Waals surface area contributed by atoms with Gasteiger partial charge in [-0.2, -0.15) is 0 Å². The van der Waals surface area contributed by atoms with Gasteiger partial charge in [0.2, 0.25) is 0 Å². The van der Waals surface area contributed by atoms with E-state index in [0.29, 0.717) is 0 Å². The molecule has 0 heterocycles. The zero-order valence-corrected chi connectivity index (χ0v) is 10.5. The summed E-state index contributed by atoms with van der Waals surface area (Å²) in [5, 5.41) is 0. The first-order valence-electron chi connectivity index (χ1n) is 3.93. The van der Waals surface area contributed by atoms with Crippen molar-refractivity contribution in [3.05, 3.63) is 0 Å². The van der Waals surface area contributed by atoms with Crippen LogP contribution in [0.15, 0.2) is 0 Å². The fourth-order valence-corrected chi connectivity index (χ4v) is 10.2. The van der Waals surface area contributed by atoms with E-state index < -0.39 is 16.6 Å². The summed E-state index contributed by atoms with van der Waals surface area (Å²) < 4.78 is 10.8. The van der Waals surface area contributed by atoms with Crippen molar-refractivity contribution in [3.8, 4) is 0 Å². The van der Waals surface area contributed by atoms with Crippen LogP contribution < -0.4 is 0 Å². The normalized spacial score (nSPS) is 13.6. The Labute approximate surface area is 72.2 Å². The predicted octanol–water partition coefficient (Wildman–Crippen LogP) is 2.23. The van der Waals surface area contributed by atoms with E-state index in [-0.39, 0.29) is 0 Å². The van der Waals surface area contributed by atoms with Gasteiger partial charge in [0.25, 0.3) is 0 Å². The summed E-state index contributed by atoms with van der Waals surface area (Å²) in [5.74, 6) is 0. The van der Waals surface area contributed by atoms with Crippen LogP contribution in [0.2, 0.25) is 31.9 Å². The quantitative estimate of drug-likeness (QED) is 0.636. The third kappa shape index (κ3) is 4.73. The van der Waals surface area contributed by atoms with Gasteiger partial charge in [-0.05, 0) is 12.2 Å². The van der Waals surface area contributed by atoms with Crippen molar-refractivity contribution >= 4 is 16.6 Å². The standard InChI is InChI=1S/C7H20O2Si2/c1-8-11(6,9-2)7-10(3,4)5/h7H2,1-6H3. The third-order valence-corrected chi connectivity index (χ3v) is 10.3. The highest BCUT2D eigenvalue weighted by Gasteiger charge is 2.34. The summed E-state index contributed by atoms with van der Waals surface area (Å²) in [6, 6.07) is 0. The molecule has 0 saturated heterocycles. The molecule has 0 unspecified atom stereocenters. The summed E-state index contributed by atoms with van der Waals surface area (Å²) in [5.41, 5.74) is 1.17. The van der Waals surface area contributed by atoms with Gasteiger partial charge in [-0.1, -0.05) is 19.6 Å². The van der Waals surface area contributed by atoms with Crippen molar-refractivity contribution < 1.29 is 8.85 Å². The maximum absolute atomic E-state index is 5.41. The highest BCUT2D eigenvalue weighted by molar-refractivity contribution is 6.90. The molecule has 0 N–H and O–H groups in total. The molecule has 0 bridgehead atoms. The Hall–Kier alpha value is 0.354. The summed E-state index contributed by atoms with van der Waals surface area (Å²) in [6.07, 6.45) is 0. The van der Waals surface area contributed by atoms with Gasteiger partial charge in [0, 0.05) is 22.3 Å². The van der Waals surface area contributed by atoms with Crippen molar-refractivity contribution in [3.63, 3.8) is 0 Å². The lowest BCUT2D eigenvalue weighted by molar-refractivity contribution is 0.255. The molecule has 0 amide bonds. The van der Waals surface area contributed by atoms with E-state index in [0.717, 1.165) is 0 Å². The maximum atomic E-state index is 5.41. The summed E-state index contributed by atoms with van der Waals surface area (Å²) in [7, 11) is 0.726. The Morgan fingerprint density at radius 3 is 1.36 bits per heavy atom. The Kier molecular flexibility index (Phi) is 3.97. The predicted molar refractivity (Wildman–Crippen MR) is 53.8 cm³/mol. The van der Waals surface area contributed by atoms with E-state index >= 15 is 0 Å². The zero-order valence-electron chi connectivity index (χ0n) is 8.52. The van der Waals surface area contributed by atoms with Crippen LogP contribution in [-0.4, -0.2) is 30.9 Å². The molecule has 0 aromatic rings. The van der Waals surface area contributed by atoms with E-state index in [2.05, 4.69) is 26.2 Å². The molecule has 0 rings (SSSR count). The first-order valence-corrected chi connectivity index (χ1v) is 10.2. The minimum absolute atomic E-state index is 1.02. The van der Waals surface area contributed by atoms with Crippen LogP contribution in [0.4, 0.5) is 0 Å². The second kappa shape index (κ2) is 3.84. The van der Waals surface area contributed by atoms with E-state index in [9.17, 15) is 0 Å². The molecule has 0 aliphatic heterocycles. The SMILES string of the molecule is CO[Si](C)(C[Si](C)(C)C)OC. The van der Waals surface area contributed by atoms with Crippen LogP contribution in [0.25, 0.3) is 0 Å². The monoisotopic (exact) mass is 192 g/mol. The third-order valence-electron chi connectivity index (χ3n) is 1.72. The minimum Gasteiger partial charge on any atom is -0.398 e. The van der Waals surface area contributed by atoms with Gasteiger partial charge in [0.1, 0.15) is 0 Å². The molecule has 4 heteroatoms. The highest BCUT2D eigenvalue weighted by atomic mass is 28.4. The molecule has 0 aliphatic carbocycles. The number of hydrogen-bond donors (Lipinski definition) is 0. The Morgan fingerprint density at radius 2 is 1.27 bits per heavy atom. The average molecular weight is 192 g/mol. The fourth-order valence-electron chi connectivity index (χ4n) is 1.19. The van der Waals surface area contributed by atoms with E-state index in [1.54, 1.807) is 14.2 Å². The topological polar surface area (TPSA) is 18.5 Å². The number of rotatable bonds is 4. The van der Waals surface area contributed by atoms with Gasteiger partial charge >= 0.3 is 8.56 Å². The first-order chi connectivity index (χ1) is 4.83. The minimum atomic E-state index is -1.77. The van der Waals surface area contributed by atoms with Crippen LogP contribution in [-0.2, 0) is 8.85 Å². The molecule has 68 valence electrons. The fraction of sp³-hybridized carbons (Fsp3) is 1.00. The molecule has 0 fully saturated rings. The zero-order chi connectivity index (χ0) is 9.12. The van der Waals surface area contributed by atoms with Crippen molar-refractivity contribution in [2.45, 2.75) is 31.9 Å². The molecule has 0 saturated carbocycles. The van der Waals surface area contributed by atoms with Gasteiger partial charge < -0.3 is 8.85 Å². The van der Waals surface area contributed by atoms with Crippen LogP contribution >= 0.6 is 0 Å². The van der Waals surface area contributed by atoms with Gasteiger partial charge in [-0.25, -0.2) is 0 Å². The molecule has 0 atom stereocenters. The summed E-state index contributed by atoms with van der Waals surface area (Å²) >= 11 is 0. The largest absolute Gasteiger partial charge is 0.398 e. The van der Waals surface area contributed by atoms with E-state index in [1.165, 1.54) is 5.67 Å². The van der Waals surface area contributed by atoms with Crippen LogP contribution in [0.3, 0.4) is 0 Å². The van der Waals surface area contributed by atoms with Crippen molar-refractivity contribution in [2.24, 2.45) is 0 Å². The second-order valence-electron chi connectivity index (χ2n) is 4.28. The molecule has 0 aromatic carbocycles. The maximum Gasteiger partial charge on any atom is 0.331 e. The van der Waals surface area contributed by atoms with Crippen molar-refractivity contribution in [1.29, 1.82) is 0 Å². The Balaban J connectivity index is 4.08. The van der Waals surface area contributed by atoms with Crippen LogP contribution in [0.5, 0.6) is 0 Å². The smallest absolute Gasteiger partial charge is 0.331 e. The summed E-state index contributed by atoms with van der Waals surface area (Å²) in [4.78, 5) is 0. The molecule has 0 aromatic heterocycles. The summed E-state index contributed by atoms with van der Waals surface area (Å²) in [6.45, 7) is 9.16. The van der Waals surface area contributed by atoms with E-state index in [4.69, 9.17) is 8.85 Å². The molecule has 0 radical (unpaired) electrons. The lowest BCUT2D eigenvalue weighted by Crippen LogP contribution is -2.44. The lowest BCUT2D eigenvalue weighted by atomic mass is 11.7. The van der Waals surface area contributed by atoms with Crippen molar-refractivity contribution in [1.82, 2.24) is 0 Å². The van der Waals surface area contributed by atoms with Gasteiger partial charge in [0.05, 0.1) is 0 Å². The van der Waals surface area contributed by atoms with Gasteiger partial charge in [-0.3, -0.25) is 0 Å². The highest BCUT2D eigenvalue weighted by Crippen LogP contribution is 2.20. The molecular weight excluding hydrogens is 172 g/mol. The molecule has 2 nitrogen and oxygen atoms in total. The molecule has 0 spiro atoms. The Bertz CT molecular complexity index is 116. The molecule has 0 aliphatic rings.